The van der Waals surface area contributed by atoms with E-state index in [1.165, 1.54) is 0 Å². The smallest absolute Gasteiger partial charge is 0.0850 e. The summed E-state index contributed by atoms with van der Waals surface area (Å²) in [6.07, 6.45) is 8.20. The van der Waals surface area contributed by atoms with E-state index in [2.05, 4.69) is 63.6 Å². The fourth-order valence-electron chi connectivity index (χ4n) is 1.92. The molecule has 0 saturated heterocycles. The van der Waals surface area contributed by atoms with Gasteiger partial charge in [0.2, 0.25) is 0 Å². The molecule has 5 heteroatoms. The van der Waals surface area contributed by atoms with Gasteiger partial charge < -0.3 is 0 Å². The van der Waals surface area contributed by atoms with Gasteiger partial charge in [-0.1, -0.05) is 13.8 Å². The summed E-state index contributed by atoms with van der Waals surface area (Å²) in [4.78, 5) is 0. The molecule has 0 aromatic carbocycles. The molecule has 17 heavy (non-hydrogen) atoms. The zero-order chi connectivity index (χ0) is 12.3. The van der Waals surface area contributed by atoms with E-state index in [1.807, 2.05) is 17.1 Å². The first kappa shape index (κ1) is 12.6. The summed E-state index contributed by atoms with van der Waals surface area (Å²) < 4.78 is 5.15. The Bertz CT molecular complexity index is 470. The average Bonchev–Trinajstić information content (AvgIpc) is 2.91. The first-order chi connectivity index (χ1) is 8.22. The molecule has 92 valence electrons. The minimum absolute atomic E-state index is 0.515. The van der Waals surface area contributed by atoms with Gasteiger partial charge >= 0.3 is 0 Å². The second-order valence-electron chi connectivity index (χ2n) is 4.11. The van der Waals surface area contributed by atoms with Gasteiger partial charge in [-0.3, -0.25) is 9.36 Å². The Hall–Kier alpha value is -0.850. The molecule has 2 aromatic rings. The molecule has 2 rings (SSSR count). The molecule has 2 heterocycles. The molecule has 0 aliphatic rings. The monoisotopic (exact) mass is 344 g/mol. The van der Waals surface area contributed by atoms with Crippen LogP contribution in [0.1, 0.15) is 38.4 Å². The molecule has 0 saturated carbocycles. The second-order valence-corrected chi connectivity index (χ2v) is 5.36. The molecule has 0 N–H and O–H groups in total. The fourth-order valence-corrected chi connectivity index (χ4v) is 2.36. The van der Waals surface area contributed by atoms with Crippen molar-refractivity contribution < 1.29 is 0 Å². The molecule has 0 fully saturated rings. The lowest BCUT2D eigenvalue weighted by Crippen LogP contribution is -2.09. The predicted molar refractivity (Wildman–Crippen MR) is 75.9 cm³/mol. The Morgan fingerprint density at radius 1 is 1.35 bits per heavy atom. The third kappa shape index (κ3) is 3.08. The molecule has 0 amide bonds. The highest BCUT2D eigenvalue weighted by atomic mass is 127. The Labute approximate surface area is 115 Å². The van der Waals surface area contributed by atoms with Crippen LogP contribution >= 0.6 is 22.6 Å². The van der Waals surface area contributed by atoms with Crippen LogP contribution in [-0.2, 0) is 6.54 Å². The van der Waals surface area contributed by atoms with Crippen molar-refractivity contribution in [1.82, 2.24) is 19.6 Å². The molecule has 0 atom stereocenters. The summed E-state index contributed by atoms with van der Waals surface area (Å²) >= 11 is 2.26. The van der Waals surface area contributed by atoms with E-state index in [-0.39, 0.29) is 0 Å². The summed E-state index contributed by atoms with van der Waals surface area (Å²) in [5.74, 6) is 0. The molecule has 4 nitrogen and oxygen atoms in total. The summed E-state index contributed by atoms with van der Waals surface area (Å²) in [7, 11) is 0. The highest BCUT2D eigenvalue weighted by Gasteiger charge is 2.08. The average molecular weight is 344 g/mol. The van der Waals surface area contributed by atoms with E-state index in [1.54, 1.807) is 0 Å². The molecule has 0 unspecified atom stereocenters. The van der Waals surface area contributed by atoms with Crippen molar-refractivity contribution in [2.45, 2.75) is 39.3 Å². The minimum atomic E-state index is 0.515. The van der Waals surface area contributed by atoms with E-state index < -0.39 is 0 Å². The molecule has 2 aromatic heterocycles. The van der Waals surface area contributed by atoms with Crippen LogP contribution in [0, 0.1) is 3.57 Å². The summed E-state index contributed by atoms with van der Waals surface area (Å²) in [6.45, 7) is 5.15. The fraction of sp³-hybridized carbons (Fsp3) is 0.500. The third-order valence-corrected chi connectivity index (χ3v) is 3.46. The number of hydrogen-bond acceptors (Lipinski definition) is 2. The number of halogens is 1. The van der Waals surface area contributed by atoms with Crippen LogP contribution in [0.3, 0.4) is 0 Å². The van der Waals surface area contributed by atoms with Crippen molar-refractivity contribution in [2.75, 3.05) is 0 Å². The van der Waals surface area contributed by atoms with Gasteiger partial charge in [-0.05, 0) is 41.5 Å². The van der Waals surface area contributed by atoms with E-state index in [4.69, 9.17) is 0 Å². The van der Waals surface area contributed by atoms with E-state index in [0.29, 0.717) is 6.04 Å². The van der Waals surface area contributed by atoms with Crippen molar-refractivity contribution in [3.05, 3.63) is 33.9 Å². The zero-order valence-corrected chi connectivity index (χ0v) is 12.3. The Morgan fingerprint density at radius 2 is 2.12 bits per heavy atom. The third-order valence-electron chi connectivity index (χ3n) is 2.91. The summed E-state index contributed by atoms with van der Waals surface area (Å²) in [5, 5.41) is 8.88. The normalized spacial score (nSPS) is 11.3. The second kappa shape index (κ2) is 5.66. The molecule has 0 aliphatic heterocycles. The van der Waals surface area contributed by atoms with Gasteiger partial charge in [0.25, 0.3) is 0 Å². The van der Waals surface area contributed by atoms with Crippen molar-refractivity contribution >= 4 is 22.6 Å². The lowest BCUT2D eigenvalue weighted by molar-refractivity contribution is 0.424. The van der Waals surface area contributed by atoms with Crippen LogP contribution in [0.25, 0.3) is 0 Å². The Balaban J connectivity index is 2.08. The highest BCUT2D eigenvalue weighted by Crippen LogP contribution is 2.14. The lowest BCUT2D eigenvalue weighted by Gasteiger charge is -2.12. The van der Waals surface area contributed by atoms with Crippen molar-refractivity contribution in [2.24, 2.45) is 0 Å². The Morgan fingerprint density at radius 3 is 2.71 bits per heavy atom. The quantitative estimate of drug-likeness (QED) is 0.782. The largest absolute Gasteiger partial charge is 0.269 e. The number of nitrogens with zero attached hydrogens (tertiary/aromatic N) is 4. The predicted octanol–water partition coefficient (Wildman–Crippen LogP) is 3.09. The number of hydrogen-bond donors (Lipinski definition) is 0. The van der Waals surface area contributed by atoms with Crippen LogP contribution < -0.4 is 0 Å². The molecular formula is C12H17IN4. The first-order valence-electron chi connectivity index (χ1n) is 5.95. The van der Waals surface area contributed by atoms with Gasteiger partial charge in [-0.25, -0.2) is 0 Å². The van der Waals surface area contributed by atoms with Gasteiger partial charge in [-0.2, -0.15) is 10.2 Å². The molecule has 0 aliphatic carbocycles. The van der Waals surface area contributed by atoms with E-state index in [0.717, 1.165) is 28.7 Å². The van der Waals surface area contributed by atoms with Crippen LogP contribution in [0.2, 0.25) is 0 Å². The molecule has 0 spiro atoms. The van der Waals surface area contributed by atoms with Crippen molar-refractivity contribution in [3.8, 4) is 0 Å². The maximum atomic E-state index is 4.61. The van der Waals surface area contributed by atoms with Gasteiger partial charge in [-0.15, -0.1) is 0 Å². The van der Waals surface area contributed by atoms with Crippen molar-refractivity contribution in [3.63, 3.8) is 0 Å². The highest BCUT2D eigenvalue weighted by molar-refractivity contribution is 14.1. The van der Waals surface area contributed by atoms with Crippen LogP contribution in [0.15, 0.2) is 24.7 Å². The van der Waals surface area contributed by atoms with Gasteiger partial charge in [0, 0.05) is 12.4 Å². The topological polar surface area (TPSA) is 35.6 Å². The van der Waals surface area contributed by atoms with Crippen LogP contribution in [0.5, 0.6) is 0 Å². The number of aromatic nitrogens is 4. The van der Waals surface area contributed by atoms with Gasteiger partial charge in [0.1, 0.15) is 0 Å². The zero-order valence-electron chi connectivity index (χ0n) is 10.2. The first-order valence-corrected chi connectivity index (χ1v) is 7.02. The van der Waals surface area contributed by atoms with Crippen LogP contribution in [-0.4, -0.2) is 19.6 Å². The van der Waals surface area contributed by atoms with E-state index in [9.17, 15) is 0 Å². The molecular weight excluding hydrogens is 327 g/mol. The van der Waals surface area contributed by atoms with E-state index >= 15 is 0 Å². The lowest BCUT2D eigenvalue weighted by atomic mass is 10.2. The minimum Gasteiger partial charge on any atom is -0.269 e. The maximum absolute atomic E-state index is 4.61. The maximum Gasteiger partial charge on any atom is 0.0850 e. The van der Waals surface area contributed by atoms with Gasteiger partial charge in [0.05, 0.1) is 28.0 Å². The standard InChI is InChI=1S/C12H17IN4/c1-3-12(4-2)17-6-5-11(15-17)9-16-8-10(13)7-14-16/h5-8,12H,3-4,9H2,1-2H3. The van der Waals surface area contributed by atoms with Crippen LogP contribution in [0.4, 0.5) is 0 Å². The van der Waals surface area contributed by atoms with Crippen molar-refractivity contribution in [1.29, 1.82) is 0 Å². The van der Waals surface area contributed by atoms with Gasteiger partial charge in [0.15, 0.2) is 0 Å². The Kier molecular flexibility index (Phi) is 4.20. The number of rotatable bonds is 5. The summed E-state index contributed by atoms with van der Waals surface area (Å²) in [6, 6.07) is 2.59. The molecule has 0 bridgehead atoms. The SMILES string of the molecule is CCC(CC)n1ccc(Cn2cc(I)cn2)n1. The summed E-state index contributed by atoms with van der Waals surface area (Å²) in [5.41, 5.74) is 1.07. The molecule has 0 radical (unpaired) electrons.